The van der Waals surface area contributed by atoms with Crippen molar-refractivity contribution in [3.63, 3.8) is 0 Å². The molecule has 0 aliphatic carbocycles. The highest BCUT2D eigenvalue weighted by Gasteiger charge is 2.31. The number of ether oxygens (including phenoxy) is 3. The summed E-state index contributed by atoms with van der Waals surface area (Å²) in [6, 6.07) is 1.51. The van der Waals surface area contributed by atoms with E-state index in [1.807, 2.05) is 4.90 Å². The quantitative estimate of drug-likeness (QED) is 0.440. The molecule has 0 radical (unpaired) electrons. The number of nitrogens with zero attached hydrogens (tertiary/aromatic N) is 3. The van der Waals surface area contributed by atoms with Crippen LogP contribution in [0.2, 0.25) is 0 Å². The SMILES string of the molecule is COC(=O)C1CCCN1.COC(=O)C1CCCN1CCC#N.COC(=O)C1CCCN1O. The van der Waals surface area contributed by atoms with Crippen LogP contribution >= 0.6 is 0 Å². The summed E-state index contributed by atoms with van der Waals surface area (Å²) < 4.78 is 13.7. The highest BCUT2D eigenvalue weighted by Crippen LogP contribution is 2.18. The minimum atomic E-state index is -0.426. The number of nitriles is 1. The molecule has 11 heteroatoms. The molecule has 3 aliphatic heterocycles. The fraction of sp³-hybridized carbons (Fsp3) is 0.810. The Labute approximate surface area is 189 Å². The first-order chi connectivity index (χ1) is 15.4. The van der Waals surface area contributed by atoms with Gasteiger partial charge in [-0.1, -0.05) is 0 Å². The zero-order valence-corrected chi connectivity index (χ0v) is 19.2. The average molecular weight is 457 g/mol. The summed E-state index contributed by atoms with van der Waals surface area (Å²) in [5.74, 6) is -0.650. The summed E-state index contributed by atoms with van der Waals surface area (Å²) >= 11 is 0. The lowest BCUT2D eigenvalue weighted by Crippen LogP contribution is -2.37. The van der Waals surface area contributed by atoms with Crippen LogP contribution in [0, 0.1) is 11.3 Å². The Morgan fingerprint density at radius 2 is 1.53 bits per heavy atom. The number of methoxy groups -OCH3 is 3. The molecule has 3 aliphatic rings. The third-order valence-electron chi connectivity index (χ3n) is 5.59. The minimum absolute atomic E-state index is 0.0324. The van der Waals surface area contributed by atoms with Crippen molar-refractivity contribution in [2.24, 2.45) is 0 Å². The molecule has 3 fully saturated rings. The average Bonchev–Trinajstić information content (AvgIpc) is 3.59. The van der Waals surface area contributed by atoms with E-state index in [9.17, 15) is 14.4 Å². The molecule has 0 aromatic rings. The summed E-state index contributed by atoms with van der Waals surface area (Å²) in [6.07, 6.45) is 5.92. The summed E-state index contributed by atoms with van der Waals surface area (Å²) in [6.45, 7) is 3.09. The van der Waals surface area contributed by atoms with Gasteiger partial charge in [-0.2, -0.15) is 10.3 Å². The van der Waals surface area contributed by atoms with Crippen molar-refractivity contribution in [3.8, 4) is 6.07 Å². The molecule has 3 saturated heterocycles. The van der Waals surface area contributed by atoms with E-state index in [1.54, 1.807) is 0 Å². The highest BCUT2D eigenvalue weighted by molar-refractivity contribution is 5.76. The van der Waals surface area contributed by atoms with Crippen LogP contribution in [0.4, 0.5) is 0 Å². The zero-order chi connectivity index (χ0) is 23.9. The molecular formula is C21H36N4O7. The molecule has 0 spiro atoms. The molecule has 0 aromatic heterocycles. The van der Waals surface area contributed by atoms with Crippen molar-refractivity contribution < 1.29 is 33.8 Å². The molecule has 11 nitrogen and oxygen atoms in total. The predicted octanol–water partition coefficient (Wildman–Crippen LogP) is 0.462. The van der Waals surface area contributed by atoms with Gasteiger partial charge >= 0.3 is 17.9 Å². The molecule has 0 bridgehead atoms. The second-order valence-corrected chi connectivity index (χ2v) is 7.64. The Kier molecular flexibility index (Phi) is 13.5. The summed E-state index contributed by atoms with van der Waals surface area (Å²) in [4.78, 5) is 34.8. The predicted molar refractivity (Wildman–Crippen MR) is 113 cm³/mol. The minimum Gasteiger partial charge on any atom is -0.468 e. The zero-order valence-electron chi connectivity index (χ0n) is 19.2. The Morgan fingerprint density at radius 1 is 0.938 bits per heavy atom. The first-order valence-electron chi connectivity index (χ1n) is 10.9. The number of likely N-dealkylation sites (tertiary alicyclic amines) is 1. The van der Waals surface area contributed by atoms with E-state index in [1.165, 1.54) is 21.3 Å². The van der Waals surface area contributed by atoms with Gasteiger partial charge in [0.25, 0.3) is 0 Å². The summed E-state index contributed by atoms with van der Waals surface area (Å²) in [5.41, 5.74) is 0. The van der Waals surface area contributed by atoms with Crippen molar-refractivity contribution in [1.29, 1.82) is 5.26 Å². The molecular weight excluding hydrogens is 420 g/mol. The van der Waals surface area contributed by atoms with Gasteiger partial charge in [0.15, 0.2) is 0 Å². The molecule has 3 rings (SSSR count). The Hall–Kier alpha value is -2.26. The Bertz CT molecular complexity index is 634. The number of hydrogen-bond donors (Lipinski definition) is 2. The van der Waals surface area contributed by atoms with Gasteiger partial charge < -0.3 is 24.7 Å². The van der Waals surface area contributed by atoms with Crippen LogP contribution in [-0.2, 0) is 28.6 Å². The van der Waals surface area contributed by atoms with Crippen LogP contribution in [0.5, 0.6) is 0 Å². The van der Waals surface area contributed by atoms with E-state index in [-0.39, 0.29) is 30.0 Å². The van der Waals surface area contributed by atoms with Crippen molar-refractivity contribution in [3.05, 3.63) is 0 Å². The van der Waals surface area contributed by atoms with Crippen molar-refractivity contribution in [1.82, 2.24) is 15.3 Å². The number of carbonyl (C=O) groups excluding carboxylic acids is 3. The van der Waals surface area contributed by atoms with Crippen LogP contribution < -0.4 is 5.32 Å². The number of hydrogen-bond acceptors (Lipinski definition) is 11. The lowest BCUT2D eigenvalue weighted by molar-refractivity contribution is -0.164. The molecule has 2 N–H and O–H groups in total. The van der Waals surface area contributed by atoms with E-state index >= 15 is 0 Å². The number of carbonyl (C=O) groups is 3. The smallest absolute Gasteiger partial charge is 0.325 e. The van der Waals surface area contributed by atoms with Gasteiger partial charge in [-0.3, -0.25) is 19.3 Å². The van der Waals surface area contributed by atoms with E-state index in [2.05, 4.69) is 25.6 Å². The van der Waals surface area contributed by atoms with Gasteiger partial charge in [-0.25, -0.2) is 0 Å². The molecule has 3 atom stereocenters. The monoisotopic (exact) mass is 456 g/mol. The molecule has 0 saturated carbocycles. The van der Waals surface area contributed by atoms with E-state index in [0.717, 1.165) is 50.3 Å². The topological polar surface area (TPSA) is 141 Å². The Balaban J connectivity index is 0.000000245. The van der Waals surface area contributed by atoms with Gasteiger partial charge in [0, 0.05) is 19.5 Å². The van der Waals surface area contributed by atoms with Crippen LogP contribution in [0.1, 0.15) is 44.9 Å². The highest BCUT2D eigenvalue weighted by atomic mass is 16.5. The fourth-order valence-electron chi connectivity index (χ4n) is 3.85. The lowest BCUT2D eigenvalue weighted by atomic mass is 10.2. The van der Waals surface area contributed by atoms with Gasteiger partial charge in [0.1, 0.15) is 18.1 Å². The maximum atomic E-state index is 11.2. The van der Waals surface area contributed by atoms with Crippen LogP contribution in [0.3, 0.4) is 0 Å². The van der Waals surface area contributed by atoms with Crippen molar-refractivity contribution in [2.75, 3.05) is 47.5 Å². The van der Waals surface area contributed by atoms with Crippen LogP contribution in [0.15, 0.2) is 0 Å². The summed E-state index contributed by atoms with van der Waals surface area (Å²) in [5, 5.41) is 21.5. The normalized spacial score (nSPS) is 24.9. The number of nitrogens with one attached hydrogen (secondary N) is 1. The second kappa shape index (κ2) is 15.5. The third-order valence-corrected chi connectivity index (χ3v) is 5.59. The van der Waals surface area contributed by atoms with E-state index < -0.39 is 6.04 Å². The Morgan fingerprint density at radius 3 is 2.03 bits per heavy atom. The molecule has 0 amide bonds. The van der Waals surface area contributed by atoms with Gasteiger partial charge in [-0.05, 0) is 51.6 Å². The van der Waals surface area contributed by atoms with E-state index in [0.29, 0.717) is 25.9 Å². The molecule has 182 valence electrons. The molecule has 3 unspecified atom stereocenters. The first kappa shape index (κ1) is 27.8. The van der Waals surface area contributed by atoms with Gasteiger partial charge in [0.2, 0.25) is 0 Å². The fourth-order valence-corrected chi connectivity index (χ4v) is 3.85. The molecule has 3 heterocycles. The van der Waals surface area contributed by atoms with Crippen LogP contribution in [-0.4, -0.2) is 98.7 Å². The standard InChI is InChI=1S/C9H14N2O2.C6H11NO3.C6H11NO2/c1-13-9(12)8-4-2-6-11(8)7-3-5-10;1-10-6(8)5-3-2-4-7(5)9;1-9-6(8)5-3-2-4-7-5/h8H,2-4,6-7H2,1H3;5,9H,2-4H2,1H3;5,7H,2-4H2,1H3. The molecule has 0 aromatic carbocycles. The number of esters is 3. The maximum absolute atomic E-state index is 11.2. The molecule has 32 heavy (non-hydrogen) atoms. The van der Waals surface area contributed by atoms with Crippen LogP contribution in [0.25, 0.3) is 0 Å². The van der Waals surface area contributed by atoms with E-state index in [4.69, 9.17) is 10.5 Å². The number of rotatable bonds is 5. The van der Waals surface area contributed by atoms with Crippen molar-refractivity contribution in [2.45, 2.75) is 63.1 Å². The largest absolute Gasteiger partial charge is 0.468 e. The van der Waals surface area contributed by atoms with Crippen molar-refractivity contribution >= 4 is 17.9 Å². The maximum Gasteiger partial charge on any atom is 0.325 e. The second-order valence-electron chi connectivity index (χ2n) is 7.64. The first-order valence-corrected chi connectivity index (χ1v) is 10.9. The van der Waals surface area contributed by atoms with Gasteiger partial charge in [0.05, 0.1) is 27.4 Å². The summed E-state index contributed by atoms with van der Waals surface area (Å²) in [7, 11) is 4.15. The van der Waals surface area contributed by atoms with Gasteiger partial charge in [-0.15, -0.1) is 0 Å². The third kappa shape index (κ3) is 9.08. The number of hydroxylamine groups is 2. The lowest BCUT2D eigenvalue weighted by Gasteiger charge is -2.20.